The lowest BCUT2D eigenvalue weighted by atomic mass is 10.2. The van der Waals surface area contributed by atoms with Crippen molar-refractivity contribution >= 4 is 33.3 Å². The molecule has 7 nitrogen and oxygen atoms in total. The largest absolute Gasteiger partial charge is 0.357 e. The van der Waals surface area contributed by atoms with Crippen molar-refractivity contribution in [3.05, 3.63) is 5.28 Å². The molecule has 102 valence electrons. The highest BCUT2D eigenvalue weighted by atomic mass is 35.5. The highest BCUT2D eigenvalue weighted by Gasteiger charge is 2.30. The number of anilines is 2. The molecule has 0 radical (unpaired) electrons. The normalized spacial score (nSPS) is 12.3. The first-order chi connectivity index (χ1) is 8.15. The van der Waals surface area contributed by atoms with E-state index in [1.807, 2.05) is 0 Å². The molecular weight excluding hydrogens is 278 g/mol. The minimum Gasteiger partial charge on any atom is -0.357 e. The Morgan fingerprint density at radius 1 is 1.22 bits per heavy atom. The van der Waals surface area contributed by atoms with E-state index in [1.54, 1.807) is 20.9 Å². The molecule has 0 saturated heterocycles. The first-order valence-electron chi connectivity index (χ1n) is 5.18. The van der Waals surface area contributed by atoms with Gasteiger partial charge in [-0.3, -0.25) is 0 Å². The zero-order valence-corrected chi connectivity index (χ0v) is 12.2. The van der Waals surface area contributed by atoms with Gasteiger partial charge in [0, 0.05) is 19.8 Å². The van der Waals surface area contributed by atoms with Gasteiger partial charge in [0.2, 0.25) is 17.2 Å². The summed E-state index contributed by atoms with van der Waals surface area (Å²) in [5, 5.41) is 5.61. The molecule has 0 unspecified atom stereocenters. The van der Waals surface area contributed by atoms with Gasteiger partial charge in [-0.05, 0) is 25.4 Å². The minimum absolute atomic E-state index is 0.0361. The molecule has 0 bridgehead atoms. The fourth-order valence-corrected chi connectivity index (χ4v) is 1.46. The summed E-state index contributed by atoms with van der Waals surface area (Å²) in [5.41, 5.74) is 0. The van der Waals surface area contributed by atoms with Crippen LogP contribution in [0.4, 0.5) is 11.9 Å². The third-order valence-electron chi connectivity index (χ3n) is 2.51. The SMILES string of the molecule is CNc1nc(Cl)nc(NCC(C)(C)S(C)(=O)=O)n1. The summed E-state index contributed by atoms with van der Waals surface area (Å²) in [5.74, 6) is 0.547. The molecule has 0 aliphatic rings. The third kappa shape index (κ3) is 3.67. The van der Waals surface area contributed by atoms with Crippen molar-refractivity contribution in [2.24, 2.45) is 0 Å². The van der Waals surface area contributed by atoms with Crippen LogP contribution in [0.15, 0.2) is 0 Å². The van der Waals surface area contributed by atoms with Crippen molar-refractivity contribution in [3.63, 3.8) is 0 Å². The number of rotatable bonds is 5. The first-order valence-corrected chi connectivity index (χ1v) is 7.45. The van der Waals surface area contributed by atoms with Crippen molar-refractivity contribution in [1.82, 2.24) is 15.0 Å². The van der Waals surface area contributed by atoms with Gasteiger partial charge in [0.05, 0.1) is 4.75 Å². The monoisotopic (exact) mass is 293 g/mol. The molecular formula is C9H16ClN5O2S. The standard InChI is InChI=1S/C9H16ClN5O2S/c1-9(2,18(4,16)17)5-12-8-14-6(10)13-7(11-3)15-8/h5H2,1-4H3,(H2,11,12,13,14,15). The summed E-state index contributed by atoms with van der Waals surface area (Å²) in [6.07, 6.45) is 1.19. The Labute approximate surface area is 111 Å². The molecule has 1 rings (SSSR count). The topological polar surface area (TPSA) is 96.9 Å². The Bertz CT molecular complexity index is 532. The average Bonchev–Trinajstić information content (AvgIpc) is 2.24. The highest BCUT2D eigenvalue weighted by molar-refractivity contribution is 7.92. The Balaban J connectivity index is 2.84. The Kier molecular flexibility index (Phi) is 4.33. The molecule has 0 aliphatic heterocycles. The van der Waals surface area contributed by atoms with Gasteiger partial charge >= 0.3 is 0 Å². The number of aromatic nitrogens is 3. The van der Waals surface area contributed by atoms with E-state index in [2.05, 4.69) is 25.6 Å². The Morgan fingerprint density at radius 3 is 2.28 bits per heavy atom. The van der Waals surface area contributed by atoms with Crippen LogP contribution in [0.2, 0.25) is 5.28 Å². The summed E-state index contributed by atoms with van der Waals surface area (Å²) in [6.45, 7) is 3.42. The van der Waals surface area contributed by atoms with Gasteiger partial charge in [0.1, 0.15) is 0 Å². The van der Waals surface area contributed by atoms with Crippen LogP contribution in [0.5, 0.6) is 0 Å². The quantitative estimate of drug-likeness (QED) is 0.829. The van der Waals surface area contributed by atoms with Crippen LogP contribution < -0.4 is 10.6 Å². The highest BCUT2D eigenvalue weighted by Crippen LogP contribution is 2.16. The van der Waals surface area contributed by atoms with Gasteiger partial charge in [-0.2, -0.15) is 15.0 Å². The number of sulfone groups is 1. The fraction of sp³-hybridized carbons (Fsp3) is 0.667. The van der Waals surface area contributed by atoms with E-state index in [-0.39, 0.29) is 17.8 Å². The molecule has 2 N–H and O–H groups in total. The Hall–Kier alpha value is -1.15. The predicted octanol–water partition coefficient (Wildman–Crippen LogP) is 0.802. The van der Waals surface area contributed by atoms with E-state index in [9.17, 15) is 8.42 Å². The maximum atomic E-state index is 11.5. The summed E-state index contributed by atoms with van der Waals surface area (Å²) in [6, 6.07) is 0. The molecule has 1 aromatic rings. The van der Waals surface area contributed by atoms with E-state index in [1.165, 1.54) is 6.26 Å². The zero-order valence-electron chi connectivity index (χ0n) is 10.7. The number of nitrogens with one attached hydrogen (secondary N) is 2. The molecule has 0 amide bonds. The summed E-state index contributed by atoms with van der Waals surface area (Å²) >= 11 is 5.71. The Morgan fingerprint density at radius 2 is 1.78 bits per heavy atom. The van der Waals surface area contributed by atoms with Gasteiger partial charge in [-0.1, -0.05) is 0 Å². The molecule has 0 atom stereocenters. The van der Waals surface area contributed by atoms with E-state index >= 15 is 0 Å². The van der Waals surface area contributed by atoms with E-state index in [0.29, 0.717) is 5.95 Å². The van der Waals surface area contributed by atoms with Gasteiger partial charge < -0.3 is 10.6 Å². The summed E-state index contributed by atoms with van der Waals surface area (Å²) < 4.78 is 22.1. The van der Waals surface area contributed by atoms with Gasteiger partial charge in [0.25, 0.3) is 0 Å². The molecule has 1 aromatic heterocycles. The van der Waals surface area contributed by atoms with Gasteiger partial charge in [-0.15, -0.1) is 0 Å². The van der Waals surface area contributed by atoms with Crippen LogP contribution in [0, 0.1) is 0 Å². The van der Waals surface area contributed by atoms with Crippen LogP contribution in [0.25, 0.3) is 0 Å². The lowest BCUT2D eigenvalue weighted by molar-refractivity contribution is 0.559. The average molecular weight is 294 g/mol. The lowest BCUT2D eigenvalue weighted by Gasteiger charge is -2.22. The molecule has 0 aromatic carbocycles. The molecule has 0 fully saturated rings. The van der Waals surface area contributed by atoms with Crippen LogP contribution >= 0.6 is 11.6 Å². The maximum absolute atomic E-state index is 11.5. The zero-order chi connectivity index (χ0) is 14.0. The second-order valence-corrected chi connectivity index (χ2v) is 7.37. The van der Waals surface area contributed by atoms with E-state index < -0.39 is 14.6 Å². The number of halogens is 1. The number of nitrogens with zero attached hydrogens (tertiary/aromatic N) is 3. The van der Waals surface area contributed by atoms with Crippen molar-refractivity contribution in [2.45, 2.75) is 18.6 Å². The number of hydrogen-bond donors (Lipinski definition) is 2. The molecule has 0 spiro atoms. The fourth-order valence-electron chi connectivity index (χ4n) is 0.964. The number of hydrogen-bond acceptors (Lipinski definition) is 7. The van der Waals surface area contributed by atoms with Crippen LogP contribution in [0.3, 0.4) is 0 Å². The van der Waals surface area contributed by atoms with E-state index in [4.69, 9.17) is 11.6 Å². The molecule has 0 aliphatic carbocycles. The molecule has 9 heteroatoms. The van der Waals surface area contributed by atoms with Crippen molar-refractivity contribution < 1.29 is 8.42 Å². The lowest BCUT2D eigenvalue weighted by Crippen LogP contribution is -2.38. The smallest absolute Gasteiger partial charge is 0.228 e. The van der Waals surface area contributed by atoms with Crippen LogP contribution in [-0.4, -0.2) is 48.0 Å². The van der Waals surface area contributed by atoms with Crippen molar-refractivity contribution in [3.8, 4) is 0 Å². The third-order valence-corrected chi connectivity index (χ3v) is 4.83. The maximum Gasteiger partial charge on any atom is 0.228 e. The van der Waals surface area contributed by atoms with Crippen molar-refractivity contribution in [2.75, 3.05) is 30.5 Å². The molecule has 18 heavy (non-hydrogen) atoms. The van der Waals surface area contributed by atoms with Gasteiger partial charge in [-0.25, -0.2) is 8.42 Å². The van der Waals surface area contributed by atoms with E-state index in [0.717, 1.165) is 0 Å². The minimum atomic E-state index is -3.18. The van der Waals surface area contributed by atoms with Crippen LogP contribution in [0.1, 0.15) is 13.8 Å². The second kappa shape index (κ2) is 5.23. The molecule has 0 saturated carbocycles. The van der Waals surface area contributed by atoms with Crippen molar-refractivity contribution in [1.29, 1.82) is 0 Å². The molecule has 1 heterocycles. The second-order valence-electron chi connectivity index (χ2n) is 4.39. The predicted molar refractivity (Wildman–Crippen MR) is 71.8 cm³/mol. The summed E-state index contributed by atoms with van der Waals surface area (Å²) in [7, 11) is -1.53. The van der Waals surface area contributed by atoms with Crippen LogP contribution in [-0.2, 0) is 9.84 Å². The van der Waals surface area contributed by atoms with Gasteiger partial charge in [0.15, 0.2) is 9.84 Å². The first kappa shape index (κ1) is 14.9. The summed E-state index contributed by atoms with van der Waals surface area (Å²) in [4.78, 5) is 11.7.